The molecular formula is C20H18ClN3O. The molecule has 0 spiro atoms. The fraction of sp³-hybridized carbons (Fsp3) is 0.200. The Morgan fingerprint density at radius 2 is 1.92 bits per heavy atom. The van der Waals surface area contributed by atoms with Gasteiger partial charge in [0.05, 0.1) is 6.42 Å². The molecule has 0 saturated heterocycles. The first kappa shape index (κ1) is 15.9. The predicted octanol–water partition coefficient (Wildman–Crippen LogP) is 4.79. The molecular weight excluding hydrogens is 334 g/mol. The molecule has 0 bridgehead atoms. The largest absolute Gasteiger partial charge is 0.309 e. The van der Waals surface area contributed by atoms with E-state index in [-0.39, 0.29) is 5.91 Å². The molecule has 5 heteroatoms. The van der Waals surface area contributed by atoms with Crippen molar-refractivity contribution in [1.29, 1.82) is 0 Å². The van der Waals surface area contributed by atoms with E-state index >= 15 is 0 Å². The van der Waals surface area contributed by atoms with Crippen LogP contribution in [0.25, 0.3) is 11.1 Å². The van der Waals surface area contributed by atoms with Gasteiger partial charge >= 0.3 is 0 Å². The molecule has 1 fully saturated rings. The fourth-order valence-electron chi connectivity index (χ4n) is 2.87. The lowest BCUT2D eigenvalue weighted by molar-refractivity contribution is -0.115. The van der Waals surface area contributed by atoms with Crippen LogP contribution in [0.2, 0.25) is 5.02 Å². The monoisotopic (exact) mass is 351 g/mol. The number of H-pyrrole nitrogens is 1. The third-order valence-corrected chi connectivity index (χ3v) is 4.72. The fourth-order valence-corrected chi connectivity index (χ4v) is 3.12. The summed E-state index contributed by atoms with van der Waals surface area (Å²) in [7, 11) is 0. The zero-order valence-electron chi connectivity index (χ0n) is 13.6. The quantitative estimate of drug-likeness (QED) is 0.694. The number of carbonyl (C=O) groups excluding carboxylic acids is 1. The Hall–Kier alpha value is -2.59. The van der Waals surface area contributed by atoms with E-state index in [0.717, 1.165) is 27.4 Å². The van der Waals surface area contributed by atoms with Crippen molar-refractivity contribution in [3.63, 3.8) is 0 Å². The Balaban J connectivity index is 1.40. The Morgan fingerprint density at radius 1 is 1.16 bits per heavy atom. The second-order valence-electron chi connectivity index (χ2n) is 6.38. The first-order valence-corrected chi connectivity index (χ1v) is 8.76. The highest BCUT2D eigenvalue weighted by Crippen LogP contribution is 2.39. The van der Waals surface area contributed by atoms with Crippen LogP contribution in [0.1, 0.15) is 30.0 Å². The van der Waals surface area contributed by atoms with Gasteiger partial charge in [0.25, 0.3) is 0 Å². The van der Waals surface area contributed by atoms with E-state index in [9.17, 15) is 4.79 Å². The van der Waals surface area contributed by atoms with Gasteiger partial charge in [0.2, 0.25) is 5.91 Å². The predicted molar refractivity (Wildman–Crippen MR) is 99.8 cm³/mol. The normalized spacial score (nSPS) is 13.6. The van der Waals surface area contributed by atoms with Crippen LogP contribution in [-0.2, 0) is 11.2 Å². The zero-order chi connectivity index (χ0) is 17.2. The minimum atomic E-state index is -0.0701. The van der Waals surface area contributed by atoms with Crippen LogP contribution >= 0.6 is 11.6 Å². The number of nitrogens with zero attached hydrogens (tertiary/aromatic N) is 1. The van der Waals surface area contributed by atoms with E-state index in [4.69, 9.17) is 11.6 Å². The number of nitrogens with one attached hydrogen (secondary N) is 2. The third kappa shape index (κ3) is 3.74. The van der Waals surface area contributed by atoms with Crippen LogP contribution in [0.3, 0.4) is 0 Å². The second-order valence-corrected chi connectivity index (χ2v) is 6.79. The molecule has 2 N–H and O–H groups in total. The average molecular weight is 352 g/mol. The summed E-state index contributed by atoms with van der Waals surface area (Å²) in [6, 6.07) is 17.5. The Kier molecular flexibility index (Phi) is 4.28. The molecule has 1 amide bonds. The average Bonchev–Trinajstić information content (AvgIpc) is 3.36. The highest BCUT2D eigenvalue weighted by molar-refractivity contribution is 6.33. The molecule has 0 unspecified atom stereocenters. The number of aromatic nitrogens is 2. The number of rotatable bonds is 5. The minimum Gasteiger partial charge on any atom is -0.309 e. The van der Waals surface area contributed by atoms with Gasteiger partial charge in [0, 0.05) is 28.3 Å². The number of carbonyl (C=O) groups is 1. The number of anilines is 1. The summed E-state index contributed by atoms with van der Waals surface area (Å²) in [5, 5.41) is 10.7. The van der Waals surface area contributed by atoms with E-state index in [2.05, 4.69) is 15.5 Å². The van der Waals surface area contributed by atoms with Crippen LogP contribution in [-0.4, -0.2) is 16.1 Å². The van der Waals surface area contributed by atoms with Crippen LogP contribution < -0.4 is 5.32 Å². The van der Waals surface area contributed by atoms with Crippen LogP contribution in [0.5, 0.6) is 0 Å². The van der Waals surface area contributed by atoms with Crippen LogP contribution in [0, 0.1) is 0 Å². The first-order valence-electron chi connectivity index (χ1n) is 8.38. The number of hydrogen-bond donors (Lipinski definition) is 2. The number of halogens is 1. The molecule has 0 atom stereocenters. The van der Waals surface area contributed by atoms with Gasteiger partial charge in [0.15, 0.2) is 5.82 Å². The van der Waals surface area contributed by atoms with Crippen molar-refractivity contribution >= 4 is 23.3 Å². The minimum absolute atomic E-state index is 0.0701. The summed E-state index contributed by atoms with van der Waals surface area (Å²) < 4.78 is 0. The van der Waals surface area contributed by atoms with E-state index in [1.165, 1.54) is 12.8 Å². The molecule has 3 aromatic rings. The summed E-state index contributed by atoms with van der Waals surface area (Å²) in [6.45, 7) is 0. The molecule has 2 aromatic carbocycles. The summed E-state index contributed by atoms with van der Waals surface area (Å²) in [4.78, 5) is 12.2. The van der Waals surface area contributed by atoms with Gasteiger partial charge in [-0.05, 0) is 30.0 Å². The lowest BCUT2D eigenvalue weighted by Crippen LogP contribution is -2.14. The maximum Gasteiger partial charge on any atom is 0.229 e. The van der Waals surface area contributed by atoms with Crippen molar-refractivity contribution in [2.24, 2.45) is 0 Å². The number of benzene rings is 2. The summed E-state index contributed by atoms with van der Waals surface area (Å²) in [5.74, 6) is 1.12. The number of aromatic amines is 1. The second kappa shape index (κ2) is 6.73. The molecule has 1 heterocycles. The Labute approximate surface area is 151 Å². The summed E-state index contributed by atoms with van der Waals surface area (Å²) >= 11 is 6.23. The molecule has 25 heavy (non-hydrogen) atoms. The van der Waals surface area contributed by atoms with Crippen molar-refractivity contribution in [2.75, 3.05) is 5.32 Å². The SMILES string of the molecule is O=C(Cc1ccc(-c2ccccc2Cl)cc1)Nc1cc(C2CC2)[nH]n1. The van der Waals surface area contributed by atoms with Crippen LogP contribution in [0.4, 0.5) is 5.82 Å². The topological polar surface area (TPSA) is 57.8 Å². The molecule has 0 radical (unpaired) electrons. The molecule has 1 aromatic heterocycles. The number of hydrogen-bond acceptors (Lipinski definition) is 2. The van der Waals surface area contributed by atoms with Crippen molar-refractivity contribution in [3.05, 3.63) is 70.9 Å². The van der Waals surface area contributed by atoms with E-state index < -0.39 is 0 Å². The van der Waals surface area contributed by atoms with Gasteiger partial charge in [-0.3, -0.25) is 9.89 Å². The van der Waals surface area contributed by atoms with Crippen molar-refractivity contribution < 1.29 is 4.79 Å². The van der Waals surface area contributed by atoms with E-state index in [1.54, 1.807) is 0 Å². The third-order valence-electron chi connectivity index (χ3n) is 4.39. The Morgan fingerprint density at radius 3 is 2.64 bits per heavy atom. The summed E-state index contributed by atoms with van der Waals surface area (Å²) in [5.41, 5.74) is 4.09. The molecule has 126 valence electrons. The summed E-state index contributed by atoms with van der Waals surface area (Å²) in [6.07, 6.45) is 2.72. The van der Waals surface area contributed by atoms with Crippen molar-refractivity contribution in [3.8, 4) is 11.1 Å². The molecule has 1 aliphatic rings. The standard InChI is InChI=1S/C20H18ClN3O/c21-17-4-2-1-3-16(17)14-7-5-13(6-8-14)11-20(25)22-19-12-18(23-24-19)15-9-10-15/h1-8,12,15H,9-11H2,(H2,22,23,24,25). The van der Waals surface area contributed by atoms with Gasteiger partial charge in [-0.1, -0.05) is 54.1 Å². The molecule has 0 aliphatic heterocycles. The highest BCUT2D eigenvalue weighted by Gasteiger charge is 2.25. The Bertz CT molecular complexity index is 897. The van der Waals surface area contributed by atoms with Gasteiger partial charge in [-0.2, -0.15) is 5.10 Å². The van der Waals surface area contributed by atoms with Gasteiger partial charge in [-0.25, -0.2) is 0 Å². The van der Waals surface area contributed by atoms with Gasteiger partial charge in [0.1, 0.15) is 0 Å². The lowest BCUT2D eigenvalue weighted by atomic mass is 10.0. The molecule has 1 saturated carbocycles. The molecule has 4 nitrogen and oxygen atoms in total. The zero-order valence-corrected chi connectivity index (χ0v) is 14.4. The van der Waals surface area contributed by atoms with Gasteiger partial charge in [-0.15, -0.1) is 0 Å². The molecule has 1 aliphatic carbocycles. The highest BCUT2D eigenvalue weighted by atomic mass is 35.5. The van der Waals surface area contributed by atoms with Crippen molar-refractivity contribution in [2.45, 2.75) is 25.2 Å². The van der Waals surface area contributed by atoms with E-state index in [0.29, 0.717) is 18.2 Å². The lowest BCUT2D eigenvalue weighted by Gasteiger charge is -2.06. The first-order chi connectivity index (χ1) is 12.2. The van der Waals surface area contributed by atoms with Crippen molar-refractivity contribution in [1.82, 2.24) is 10.2 Å². The maximum absolute atomic E-state index is 12.2. The smallest absolute Gasteiger partial charge is 0.229 e. The maximum atomic E-state index is 12.2. The van der Waals surface area contributed by atoms with Gasteiger partial charge < -0.3 is 5.32 Å². The number of amides is 1. The van der Waals surface area contributed by atoms with E-state index in [1.807, 2.05) is 54.6 Å². The molecule has 4 rings (SSSR count). The van der Waals surface area contributed by atoms with Crippen LogP contribution in [0.15, 0.2) is 54.6 Å².